The lowest BCUT2D eigenvalue weighted by molar-refractivity contribution is 0.0929. The van der Waals surface area contributed by atoms with Crippen LogP contribution in [0.25, 0.3) is 0 Å². The minimum absolute atomic E-state index is 0.0183. The summed E-state index contributed by atoms with van der Waals surface area (Å²) in [5.41, 5.74) is 1.79. The van der Waals surface area contributed by atoms with E-state index in [2.05, 4.69) is 40.0 Å². The minimum atomic E-state index is -0.0183. The van der Waals surface area contributed by atoms with E-state index in [9.17, 15) is 4.79 Å². The van der Waals surface area contributed by atoms with Crippen molar-refractivity contribution in [1.82, 2.24) is 10.2 Å². The molecule has 0 fully saturated rings. The number of benzene rings is 1. The lowest BCUT2D eigenvalue weighted by Gasteiger charge is -2.23. The average Bonchev–Trinajstić information content (AvgIpc) is 2.38. The highest BCUT2D eigenvalue weighted by Gasteiger charge is 2.14. The van der Waals surface area contributed by atoms with Crippen LogP contribution in [0.15, 0.2) is 22.7 Å². The third-order valence-electron chi connectivity index (χ3n) is 3.17. The molecule has 1 aromatic carbocycles. The summed E-state index contributed by atoms with van der Waals surface area (Å²) in [6.07, 6.45) is 0. The second kappa shape index (κ2) is 7.65. The van der Waals surface area contributed by atoms with Gasteiger partial charge in [-0.15, -0.1) is 0 Å². The average molecular weight is 327 g/mol. The lowest BCUT2D eigenvalue weighted by atomic mass is 10.1. The molecule has 0 saturated carbocycles. The predicted molar refractivity (Wildman–Crippen MR) is 83.6 cm³/mol. The molecule has 0 saturated heterocycles. The molecular weight excluding hydrogens is 304 g/mol. The van der Waals surface area contributed by atoms with Crippen LogP contribution in [0, 0.1) is 6.92 Å². The summed E-state index contributed by atoms with van der Waals surface area (Å²) in [5, 5.41) is 3.05. The van der Waals surface area contributed by atoms with Gasteiger partial charge in [0.05, 0.1) is 5.56 Å². The molecule has 19 heavy (non-hydrogen) atoms. The third kappa shape index (κ3) is 4.96. The van der Waals surface area contributed by atoms with Crippen LogP contribution in [0.4, 0.5) is 0 Å². The van der Waals surface area contributed by atoms with Crippen molar-refractivity contribution in [3.8, 4) is 0 Å². The zero-order chi connectivity index (χ0) is 14.4. The van der Waals surface area contributed by atoms with E-state index in [-0.39, 0.29) is 11.9 Å². The smallest absolute Gasteiger partial charge is 0.252 e. The molecule has 1 rings (SSSR count). The van der Waals surface area contributed by atoms with Crippen molar-refractivity contribution in [2.45, 2.75) is 33.7 Å². The fourth-order valence-corrected chi connectivity index (χ4v) is 2.46. The van der Waals surface area contributed by atoms with Gasteiger partial charge < -0.3 is 10.2 Å². The van der Waals surface area contributed by atoms with Crippen molar-refractivity contribution in [2.75, 3.05) is 19.6 Å². The number of nitrogens with one attached hydrogen (secondary N) is 1. The molecule has 4 heteroatoms. The van der Waals surface area contributed by atoms with Crippen molar-refractivity contribution < 1.29 is 4.79 Å². The number of hydrogen-bond donors (Lipinski definition) is 1. The number of carbonyl (C=O) groups excluding carboxylic acids is 1. The second-order valence-corrected chi connectivity index (χ2v) is 5.70. The maximum absolute atomic E-state index is 12.2. The summed E-state index contributed by atoms with van der Waals surface area (Å²) in [6, 6.07) is 5.95. The van der Waals surface area contributed by atoms with Crippen LogP contribution >= 0.6 is 15.9 Å². The molecule has 0 bridgehead atoms. The Balaban J connectivity index is 2.66. The van der Waals surface area contributed by atoms with Gasteiger partial charge in [0, 0.05) is 17.1 Å². The van der Waals surface area contributed by atoms with Crippen LogP contribution in [-0.2, 0) is 0 Å². The zero-order valence-corrected chi connectivity index (χ0v) is 13.8. The molecule has 0 aliphatic heterocycles. The zero-order valence-electron chi connectivity index (χ0n) is 12.2. The molecule has 1 atom stereocenters. The predicted octanol–water partition coefficient (Wildman–Crippen LogP) is 3.22. The highest BCUT2D eigenvalue weighted by Crippen LogP contribution is 2.18. The molecule has 0 spiro atoms. The van der Waals surface area contributed by atoms with Crippen molar-refractivity contribution in [3.05, 3.63) is 33.8 Å². The Morgan fingerprint density at radius 1 is 1.37 bits per heavy atom. The molecule has 1 unspecified atom stereocenters. The first-order valence-electron chi connectivity index (χ1n) is 6.77. The van der Waals surface area contributed by atoms with Gasteiger partial charge in [0.15, 0.2) is 0 Å². The highest BCUT2D eigenvalue weighted by molar-refractivity contribution is 9.10. The lowest BCUT2D eigenvalue weighted by Crippen LogP contribution is -2.42. The van der Waals surface area contributed by atoms with Crippen LogP contribution in [-0.4, -0.2) is 36.5 Å². The van der Waals surface area contributed by atoms with Crippen molar-refractivity contribution in [3.63, 3.8) is 0 Å². The molecule has 0 aromatic heterocycles. The summed E-state index contributed by atoms with van der Waals surface area (Å²) in [4.78, 5) is 14.5. The molecule has 1 aromatic rings. The number of aryl methyl sites for hydroxylation is 1. The van der Waals surface area contributed by atoms with Gasteiger partial charge >= 0.3 is 0 Å². The molecule has 3 nitrogen and oxygen atoms in total. The van der Waals surface area contributed by atoms with Gasteiger partial charge in [-0.25, -0.2) is 0 Å². The Hall–Kier alpha value is -0.870. The summed E-state index contributed by atoms with van der Waals surface area (Å²) < 4.78 is 0.839. The first-order chi connectivity index (χ1) is 8.97. The van der Waals surface area contributed by atoms with Gasteiger partial charge in [0.2, 0.25) is 0 Å². The fourth-order valence-electron chi connectivity index (χ4n) is 2.03. The number of hydrogen-bond acceptors (Lipinski definition) is 2. The Labute approximate surface area is 124 Å². The molecule has 0 aliphatic carbocycles. The largest absolute Gasteiger partial charge is 0.348 e. The Bertz CT molecular complexity index is 430. The molecule has 106 valence electrons. The first kappa shape index (κ1) is 16.2. The Kier molecular flexibility index (Phi) is 6.52. The van der Waals surface area contributed by atoms with E-state index in [1.807, 2.05) is 32.0 Å². The summed E-state index contributed by atoms with van der Waals surface area (Å²) in [6.45, 7) is 11.2. The van der Waals surface area contributed by atoms with Crippen molar-refractivity contribution >= 4 is 21.8 Å². The van der Waals surface area contributed by atoms with Gasteiger partial charge in [-0.05, 0) is 55.0 Å². The summed E-state index contributed by atoms with van der Waals surface area (Å²) in [7, 11) is 0. The highest BCUT2D eigenvalue weighted by atomic mass is 79.9. The van der Waals surface area contributed by atoms with Crippen LogP contribution in [0.1, 0.15) is 36.7 Å². The molecule has 0 heterocycles. The van der Waals surface area contributed by atoms with E-state index in [4.69, 9.17) is 0 Å². The number of likely N-dealkylation sites (N-methyl/N-ethyl adjacent to an activating group) is 1. The maximum atomic E-state index is 12.2. The van der Waals surface area contributed by atoms with E-state index in [1.165, 1.54) is 0 Å². The minimum Gasteiger partial charge on any atom is -0.348 e. The topological polar surface area (TPSA) is 32.3 Å². The third-order valence-corrected chi connectivity index (χ3v) is 3.86. The standard InChI is InChI=1S/C15H23BrN2O/c1-5-18(6-2)10-12(4)17-15(19)13-9-11(3)7-8-14(13)16/h7-9,12H,5-6,10H2,1-4H3,(H,17,19). The van der Waals surface area contributed by atoms with Gasteiger partial charge in [-0.3, -0.25) is 4.79 Å². The Morgan fingerprint density at radius 2 is 2.00 bits per heavy atom. The number of carbonyl (C=O) groups is 1. The van der Waals surface area contributed by atoms with Gasteiger partial charge in [0.25, 0.3) is 5.91 Å². The van der Waals surface area contributed by atoms with E-state index >= 15 is 0 Å². The van der Waals surface area contributed by atoms with E-state index < -0.39 is 0 Å². The molecule has 1 amide bonds. The number of rotatable bonds is 6. The summed E-state index contributed by atoms with van der Waals surface area (Å²) >= 11 is 3.43. The number of nitrogens with zero attached hydrogens (tertiary/aromatic N) is 1. The van der Waals surface area contributed by atoms with Crippen LogP contribution < -0.4 is 5.32 Å². The molecule has 1 N–H and O–H groups in total. The first-order valence-corrected chi connectivity index (χ1v) is 7.56. The van der Waals surface area contributed by atoms with E-state index in [0.717, 1.165) is 29.7 Å². The van der Waals surface area contributed by atoms with Crippen LogP contribution in [0.3, 0.4) is 0 Å². The van der Waals surface area contributed by atoms with Crippen molar-refractivity contribution in [1.29, 1.82) is 0 Å². The van der Waals surface area contributed by atoms with Crippen LogP contribution in [0.5, 0.6) is 0 Å². The van der Waals surface area contributed by atoms with Gasteiger partial charge in [0.1, 0.15) is 0 Å². The normalized spacial score (nSPS) is 12.5. The maximum Gasteiger partial charge on any atom is 0.252 e. The summed E-state index contributed by atoms with van der Waals surface area (Å²) in [5.74, 6) is -0.0183. The van der Waals surface area contributed by atoms with Crippen molar-refractivity contribution in [2.24, 2.45) is 0 Å². The van der Waals surface area contributed by atoms with Gasteiger partial charge in [-0.2, -0.15) is 0 Å². The molecule has 0 radical (unpaired) electrons. The van der Waals surface area contributed by atoms with E-state index in [1.54, 1.807) is 0 Å². The molecule has 0 aliphatic rings. The quantitative estimate of drug-likeness (QED) is 0.870. The number of amides is 1. The van der Waals surface area contributed by atoms with Gasteiger partial charge in [-0.1, -0.05) is 25.5 Å². The fraction of sp³-hybridized carbons (Fsp3) is 0.533. The molecular formula is C15H23BrN2O. The number of halogens is 1. The van der Waals surface area contributed by atoms with Crippen LogP contribution in [0.2, 0.25) is 0 Å². The van der Waals surface area contributed by atoms with E-state index in [0.29, 0.717) is 5.56 Å². The SMILES string of the molecule is CCN(CC)CC(C)NC(=O)c1cc(C)ccc1Br. The second-order valence-electron chi connectivity index (χ2n) is 4.84. The monoisotopic (exact) mass is 326 g/mol. The Morgan fingerprint density at radius 3 is 2.58 bits per heavy atom.